The van der Waals surface area contributed by atoms with Gasteiger partial charge in [0, 0.05) is 32.4 Å². The highest BCUT2D eigenvalue weighted by atomic mass is 16.3. The van der Waals surface area contributed by atoms with E-state index >= 15 is 0 Å². The Bertz CT molecular complexity index is 344. The number of hydrogen-bond donors (Lipinski definition) is 2. The maximum atomic E-state index is 9.12. The number of hydrazine groups is 1. The summed E-state index contributed by atoms with van der Waals surface area (Å²) in [4.78, 5) is 0. The molecule has 0 amide bonds. The molecule has 0 aromatic heterocycles. The summed E-state index contributed by atoms with van der Waals surface area (Å²) in [6, 6.07) is 7.92. The van der Waals surface area contributed by atoms with E-state index in [1.165, 1.54) is 0 Å². The highest BCUT2D eigenvalue weighted by molar-refractivity contribution is 5.51. The van der Waals surface area contributed by atoms with Crippen LogP contribution in [0.25, 0.3) is 0 Å². The first-order valence-electron chi connectivity index (χ1n) is 6.15. The van der Waals surface area contributed by atoms with Crippen molar-refractivity contribution in [1.29, 1.82) is 0 Å². The molecule has 17 heavy (non-hydrogen) atoms. The van der Waals surface area contributed by atoms with Gasteiger partial charge in [0.2, 0.25) is 0 Å². The Hall–Kier alpha value is -1.26. The number of benzene rings is 1. The molecule has 1 aromatic rings. The number of anilines is 2. The van der Waals surface area contributed by atoms with Gasteiger partial charge in [0.05, 0.1) is 5.69 Å². The molecule has 1 heterocycles. The van der Waals surface area contributed by atoms with Gasteiger partial charge in [0.1, 0.15) is 0 Å². The first kappa shape index (κ1) is 12.2. The molecule has 1 aliphatic heterocycles. The topological polar surface area (TPSA) is 52.7 Å². The van der Waals surface area contributed by atoms with E-state index in [2.05, 4.69) is 17.1 Å². The summed E-state index contributed by atoms with van der Waals surface area (Å²) in [7, 11) is 2.07. The fourth-order valence-electron chi connectivity index (χ4n) is 2.26. The van der Waals surface area contributed by atoms with Crippen molar-refractivity contribution in [2.24, 2.45) is 5.92 Å². The van der Waals surface area contributed by atoms with Gasteiger partial charge in [0.15, 0.2) is 0 Å². The van der Waals surface area contributed by atoms with Gasteiger partial charge < -0.3 is 15.8 Å². The van der Waals surface area contributed by atoms with E-state index in [9.17, 15) is 0 Å². The number of nitrogens with zero attached hydrogens (tertiary/aromatic N) is 2. The Morgan fingerprint density at radius 2 is 1.88 bits per heavy atom. The van der Waals surface area contributed by atoms with Crippen LogP contribution in [0, 0.1) is 5.92 Å². The van der Waals surface area contributed by atoms with Gasteiger partial charge in [-0.2, -0.15) is 0 Å². The van der Waals surface area contributed by atoms with Crippen LogP contribution in [0.2, 0.25) is 0 Å². The third-order valence-corrected chi connectivity index (χ3v) is 3.54. The van der Waals surface area contributed by atoms with Gasteiger partial charge in [-0.15, -0.1) is 0 Å². The number of nitrogen functional groups attached to an aromatic ring is 1. The van der Waals surface area contributed by atoms with Crippen molar-refractivity contribution in [3.8, 4) is 0 Å². The Kier molecular flexibility index (Phi) is 3.86. The number of hydrogen-bond acceptors (Lipinski definition) is 4. The van der Waals surface area contributed by atoms with Crippen LogP contribution in [0.5, 0.6) is 0 Å². The SMILES string of the molecule is CN(c1ccc(N)cc1)N1CCC(CO)CC1. The maximum Gasteiger partial charge on any atom is 0.0520 e. The van der Waals surface area contributed by atoms with Crippen LogP contribution in [-0.4, -0.2) is 36.9 Å². The second kappa shape index (κ2) is 5.38. The number of aliphatic hydroxyl groups excluding tert-OH is 1. The first-order valence-corrected chi connectivity index (χ1v) is 6.15. The van der Waals surface area contributed by atoms with Crippen molar-refractivity contribution in [3.63, 3.8) is 0 Å². The number of piperidine rings is 1. The normalized spacial score (nSPS) is 18.2. The molecular formula is C13H21N3O. The van der Waals surface area contributed by atoms with Crippen LogP contribution in [0.4, 0.5) is 11.4 Å². The minimum absolute atomic E-state index is 0.319. The lowest BCUT2D eigenvalue weighted by atomic mass is 9.99. The van der Waals surface area contributed by atoms with E-state index in [0.29, 0.717) is 12.5 Å². The van der Waals surface area contributed by atoms with Crippen LogP contribution >= 0.6 is 0 Å². The minimum atomic E-state index is 0.319. The molecule has 0 spiro atoms. The molecule has 0 aliphatic carbocycles. The summed E-state index contributed by atoms with van der Waals surface area (Å²) in [5.41, 5.74) is 7.63. The Morgan fingerprint density at radius 1 is 1.29 bits per heavy atom. The van der Waals surface area contributed by atoms with E-state index in [0.717, 1.165) is 37.3 Å². The van der Waals surface area contributed by atoms with Gasteiger partial charge >= 0.3 is 0 Å². The largest absolute Gasteiger partial charge is 0.399 e. The predicted molar refractivity (Wildman–Crippen MR) is 70.6 cm³/mol. The third kappa shape index (κ3) is 2.90. The van der Waals surface area contributed by atoms with E-state index in [4.69, 9.17) is 10.8 Å². The molecule has 0 radical (unpaired) electrons. The smallest absolute Gasteiger partial charge is 0.0520 e. The molecule has 1 aliphatic rings. The van der Waals surface area contributed by atoms with Crippen molar-refractivity contribution < 1.29 is 5.11 Å². The van der Waals surface area contributed by atoms with Crippen molar-refractivity contribution in [2.45, 2.75) is 12.8 Å². The first-order chi connectivity index (χ1) is 8.20. The lowest BCUT2D eigenvalue weighted by Gasteiger charge is -2.38. The molecule has 94 valence electrons. The fraction of sp³-hybridized carbons (Fsp3) is 0.538. The molecule has 1 saturated heterocycles. The Morgan fingerprint density at radius 3 is 2.41 bits per heavy atom. The number of aliphatic hydroxyl groups is 1. The van der Waals surface area contributed by atoms with Crippen LogP contribution in [-0.2, 0) is 0 Å². The Labute approximate surface area is 103 Å². The molecule has 2 rings (SSSR count). The van der Waals surface area contributed by atoms with Crippen molar-refractivity contribution in [2.75, 3.05) is 37.5 Å². The van der Waals surface area contributed by atoms with Gasteiger partial charge in [-0.1, -0.05) is 0 Å². The van der Waals surface area contributed by atoms with E-state index in [1.54, 1.807) is 0 Å². The van der Waals surface area contributed by atoms with Crippen LogP contribution in [0.3, 0.4) is 0 Å². The van der Waals surface area contributed by atoms with Crippen molar-refractivity contribution in [3.05, 3.63) is 24.3 Å². The van der Waals surface area contributed by atoms with Gasteiger partial charge in [-0.25, -0.2) is 5.01 Å². The summed E-state index contributed by atoms with van der Waals surface area (Å²) in [5.74, 6) is 0.478. The Balaban J connectivity index is 1.96. The van der Waals surface area contributed by atoms with Crippen LogP contribution in [0.1, 0.15) is 12.8 Å². The summed E-state index contributed by atoms with van der Waals surface area (Å²) in [6.45, 7) is 2.33. The summed E-state index contributed by atoms with van der Waals surface area (Å²) >= 11 is 0. The maximum absolute atomic E-state index is 9.12. The second-order valence-corrected chi connectivity index (χ2v) is 4.69. The summed E-state index contributed by atoms with van der Waals surface area (Å²) in [5, 5.41) is 13.6. The van der Waals surface area contributed by atoms with Gasteiger partial charge in [0.25, 0.3) is 0 Å². The van der Waals surface area contributed by atoms with E-state index in [1.807, 2.05) is 24.3 Å². The highest BCUT2D eigenvalue weighted by Crippen LogP contribution is 2.22. The molecule has 1 aromatic carbocycles. The van der Waals surface area contributed by atoms with E-state index in [-0.39, 0.29) is 0 Å². The average Bonchev–Trinajstić information content (AvgIpc) is 2.39. The lowest BCUT2D eigenvalue weighted by molar-refractivity contribution is 0.127. The molecule has 0 saturated carbocycles. The zero-order valence-corrected chi connectivity index (χ0v) is 10.3. The number of nitrogens with two attached hydrogens (primary N) is 1. The van der Waals surface area contributed by atoms with Crippen molar-refractivity contribution >= 4 is 11.4 Å². The molecule has 1 fully saturated rings. The zero-order chi connectivity index (χ0) is 12.3. The van der Waals surface area contributed by atoms with Gasteiger partial charge in [-0.3, -0.25) is 0 Å². The summed E-state index contributed by atoms with van der Waals surface area (Å²) in [6.07, 6.45) is 2.13. The van der Waals surface area contributed by atoms with Crippen LogP contribution in [0.15, 0.2) is 24.3 Å². The van der Waals surface area contributed by atoms with E-state index < -0.39 is 0 Å². The molecule has 0 unspecified atom stereocenters. The third-order valence-electron chi connectivity index (χ3n) is 3.54. The van der Waals surface area contributed by atoms with Crippen LogP contribution < -0.4 is 10.7 Å². The number of rotatable bonds is 3. The molecular weight excluding hydrogens is 214 g/mol. The second-order valence-electron chi connectivity index (χ2n) is 4.69. The molecule has 0 bridgehead atoms. The predicted octanol–water partition coefficient (Wildman–Crippen LogP) is 1.32. The minimum Gasteiger partial charge on any atom is -0.399 e. The molecule has 0 atom stereocenters. The monoisotopic (exact) mass is 235 g/mol. The highest BCUT2D eigenvalue weighted by Gasteiger charge is 2.21. The standard InChI is InChI=1S/C13H21N3O/c1-15(13-4-2-12(14)3-5-13)16-8-6-11(10-17)7-9-16/h2-5,11,17H,6-10,14H2,1H3. The lowest BCUT2D eigenvalue weighted by Crippen LogP contribution is -2.45. The average molecular weight is 235 g/mol. The summed E-state index contributed by atoms with van der Waals surface area (Å²) < 4.78 is 0. The van der Waals surface area contributed by atoms with Crippen molar-refractivity contribution in [1.82, 2.24) is 5.01 Å². The molecule has 4 nitrogen and oxygen atoms in total. The molecule has 4 heteroatoms. The zero-order valence-electron chi connectivity index (χ0n) is 10.3. The fourth-order valence-corrected chi connectivity index (χ4v) is 2.26. The van der Waals surface area contributed by atoms with Gasteiger partial charge in [-0.05, 0) is 43.0 Å². The molecule has 3 N–H and O–H groups in total. The quantitative estimate of drug-likeness (QED) is 0.776.